The summed E-state index contributed by atoms with van der Waals surface area (Å²) >= 11 is 0. The first kappa shape index (κ1) is 26.1. The molecule has 2 N–H and O–H groups in total. The van der Waals surface area contributed by atoms with Gasteiger partial charge in [-0.25, -0.2) is 19.8 Å². The fraction of sp³-hybridized carbons (Fsp3) is 0.609. The number of carboxylic acids is 1. The number of aliphatic carboxylic acids is 1. The van der Waals surface area contributed by atoms with Gasteiger partial charge < -0.3 is 24.1 Å². The van der Waals surface area contributed by atoms with E-state index in [0.29, 0.717) is 22.1 Å². The van der Waals surface area contributed by atoms with Crippen LogP contribution in [0.2, 0.25) is 0 Å². The summed E-state index contributed by atoms with van der Waals surface area (Å²) < 4.78 is 22.0. The Morgan fingerprint density at radius 3 is 2.03 bits per heavy atom. The Labute approximate surface area is 194 Å². The first-order chi connectivity index (χ1) is 14.8. The van der Waals surface area contributed by atoms with Gasteiger partial charge in [-0.05, 0) is 66.2 Å². The number of hydrazine groups is 1. The highest BCUT2D eigenvalue weighted by Crippen LogP contribution is 2.40. The van der Waals surface area contributed by atoms with Crippen LogP contribution >= 0.6 is 0 Å². The second kappa shape index (κ2) is 8.64. The van der Waals surface area contributed by atoms with Crippen molar-refractivity contribution < 1.29 is 38.4 Å². The fourth-order valence-electron chi connectivity index (χ4n) is 3.10. The molecule has 0 spiro atoms. The Morgan fingerprint density at radius 2 is 1.52 bits per heavy atom. The van der Waals surface area contributed by atoms with Crippen molar-refractivity contribution in [3.05, 3.63) is 23.8 Å². The van der Waals surface area contributed by atoms with Crippen LogP contribution in [-0.2, 0) is 20.7 Å². The van der Waals surface area contributed by atoms with E-state index >= 15 is 0 Å². The standard InChI is InChI=1S/C23H34N2O8/c1-20(2,3)32-18(28)24-25(19(29)33-21(4,5)6)23(9,17(26)27)13-14-10-11-15-16(12-14)31-22(7,8)30-15/h10-12H,13H2,1-9H3,(H,24,28)(H,26,27)/t23-/m0/s1. The SMILES string of the molecule is CC(C)(C)OC(=O)NN(C(=O)OC(C)(C)C)[C@@](C)(Cc1ccc2c(c1)OC(C)(C)O2)C(=O)O. The van der Waals surface area contributed by atoms with E-state index < -0.39 is 40.7 Å². The number of nitrogens with one attached hydrogen (secondary N) is 1. The van der Waals surface area contributed by atoms with Gasteiger partial charge >= 0.3 is 18.2 Å². The van der Waals surface area contributed by atoms with Crippen LogP contribution in [-0.4, -0.2) is 50.8 Å². The third kappa shape index (κ3) is 6.90. The topological polar surface area (TPSA) is 124 Å². The van der Waals surface area contributed by atoms with Crippen LogP contribution in [0.25, 0.3) is 0 Å². The molecular formula is C23H34N2O8. The minimum Gasteiger partial charge on any atom is -0.479 e. The number of rotatable bonds is 4. The molecule has 10 heteroatoms. The number of carboxylic acid groups (broad SMARTS) is 1. The van der Waals surface area contributed by atoms with Gasteiger partial charge in [-0.1, -0.05) is 6.07 Å². The fourth-order valence-corrected chi connectivity index (χ4v) is 3.10. The molecule has 0 aromatic heterocycles. The Balaban J connectivity index is 2.42. The molecule has 1 aliphatic rings. The molecule has 0 radical (unpaired) electrons. The molecule has 0 saturated heterocycles. The maximum Gasteiger partial charge on any atom is 0.430 e. The van der Waals surface area contributed by atoms with Crippen molar-refractivity contribution in [2.45, 2.75) is 91.3 Å². The molecule has 1 heterocycles. The summed E-state index contributed by atoms with van der Waals surface area (Å²) in [7, 11) is 0. The zero-order valence-corrected chi connectivity index (χ0v) is 20.7. The first-order valence-corrected chi connectivity index (χ1v) is 10.6. The van der Waals surface area contributed by atoms with Gasteiger partial charge in [0.2, 0.25) is 5.79 Å². The number of ether oxygens (including phenoxy) is 4. The number of carbonyl (C=O) groups is 3. The predicted molar refractivity (Wildman–Crippen MR) is 119 cm³/mol. The molecule has 1 aromatic carbocycles. The molecule has 1 aliphatic heterocycles. The Hall–Kier alpha value is -3.17. The third-order valence-corrected chi connectivity index (χ3v) is 4.40. The molecule has 0 unspecified atom stereocenters. The minimum atomic E-state index is -1.93. The zero-order chi connectivity index (χ0) is 25.4. The minimum absolute atomic E-state index is 0.172. The normalized spacial score (nSPS) is 16.4. The van der Waals surface area contributed by atoms with Gasteiger partial charge in [0.15, 0.2) is 17.0 Å². The van der Waals surface area contributed by atoms with Crippen molar-refractivity contribution in [2.24, 2.45) is 0 Å². The largest absolute Gasteiger partial charge is 0.479 e. The van der Waals surface area contributed by atoms with E-state index in [1.807, 2.05) is 0 Å². The molecule has 0 bridgehead atoms. The number of fused-ring (bicyclic) bond motifs is 1. The van der Waals surface area contributed by atoms with Crippen molar-refractivity contribution in [3.63, 3.8) is 0 Å². The quantitative estimate of drug-likeness (QED) is 0.631. The van der Waals surface area contributed by atoms with Crippen molar-refractivity contribution in [1.29, 1.82) is 0 Å². The Kier molecular flexibility index (Phi) is 6.83. The molecule has 2 rings (SSSR count). The number of hydrogen-bond donors (Lipinski definition) is 2. The summed E-state index contributed by atoms with van der Waals surface area (Å²) in [5, 5.41) is 10.8. The van der Waals surface area contributed by atoms with Crippen molar-refractivity contribution in [3.8, 4) is 11.5 Å². The summed E-state index contributed by atoms with van der Waals surface area (Å²) in [6.07, 6.45) is -2.21. The lowest BCUT2D eigenvalue weighted by atomic mass is 9.92. The van der Waals surface area contributed by atoms with E-state index in [4.69, 9.17) is 18.9 Å². The van der Waals surface area contributed by atoms with E-state index in [2.05, 4.69) is 5.43 Å². The summed E-state index contributed by atoms with van der Waals surface area (Å²) in [6, 6.07) is 4.98. The second-order valence-electron chi connectivity index (χ2n) is 10.6. The lowest BCUT2D eigenvalue weighted by molar-refractivity contribution is -0.152. The van der Waals surface area contributed by atoms with Gasteiger partial charge in [0.1, 0.15) is 11.2 Å². The second-order valence-corrected chi connectivity index (χ2v) is 10.6. The Morgan fingerprint density at radius 1 is 0.970 bits per heavy atom. The van der Waals surface area contributed by atoms with Crippen molar-refractivity contribution in [1.82, 2.24) is 10.4 Å². The summed E-state index contributed by atoms with van der Waals surface area (Å²) in [4.78, 5) is 37.9. The highest BCUT2D eigenvalue weighted by molar-refractivity contribution is 5.86. The van der Waals surface area contributed by atoms with Gasteiger partial charge in [-0.2, -0.15) is 5.01 Å². The smallest absolute Gasteiger partial charge is 0.430 e. The summed E-state index contributed by atoms with van der Waals surface area (Å²) in [5.41, 5.74) is -0.926. The molecule has 1 atom stereocenters. The molecule has 10 nitrogen and oxygen atoms in total. The molecular weight excluding hydrogens is 432 g/mol. The van der Waals surface area contributed by atoms with Crippen LogP contribution in [0.15, 0.2) is 18.2 Å². The predicted octanol–water partition coefficient (Wildman–Crippen LogP) is 4.26. The molecule has 33 heavy (non-hydrogen) atoms. The zero-order valence-electron chi connectivity index (χ0n) is 20.7. The van der Waals surface area contributed by atoms with E-state index in [1.165, 1.54) is 6.92 Å². The van der Waals surface area contributed by atoms with Crippen LogP contribution in [0.4, 0.5) is 9.59 Å². The number of nitrogens with zero attached hydrogens (tertiary/aromatic N) is 1. The van der Waals surface area contributed by atoms with E-state index in [9.17, 15) is 19.5 Å². The highest BCUT2D eigenvalue weighted by atomic mass is 16.7. The highest BCUT2D eigenvalue weighted by Gasteiger charge is 2.47. The molecule has 2 amide bonds. The maximum absolute atomic E-state index is 13.0. The first-order valence-electron chi connectivity index (χ1n) is 10.6. The summed E-state index contributed by atoms with van der Waals surface area (Å²) in [6.45, 7) is 14.7. The van der Waals surface area contributed by atoms with Gasteiger partial charge in [-0.15, -0.1) is 0 Å². The van der Waals surface area contributed by atoms with E-state index in [0.717, 1.165) is 0 Å². The van der Waals surface area contributed by atoms with Crippen LogP contribution in [0.1, 0.15) is 67.9 Å². The average molecular weight is 467 g/mol. The van der Waals surface area contributed by atoms with Crippen molar-refractivity contribution >= 4 is 18.2 Å². The van der Waals surface area contributed by atoms with Crippen LogP contribution < -0.4 is 14.9 Å². The molecule has 0 aliphatic carbocycles. The summed E-state index contributed by atoms with van der Waals surface area (Å²) in [5.74, 6) is -1.23. The van der Waals surface area contributed by atoms with E-state index in [1.54, 1.807) is 73.6 Å². The van der Waals surface area contributed by atoms with Gasteiger partial charge in [-0.3, -0.25) is 0 Å². The molecule has 0 saturated carbocycles. The van der Waals surface area contributed by atoms with Gasteiger partial charge in [0.25, 0.3) is 0 Å². The van der Waals surface area contributed by atoms with Crippen LogP contribution in [0, 0.1) is 0 Å². The number of benzene rings is 1. The Bertz CT molecular complexity index is 929. The van der Waals surface area contributed by atoms with Gasteiger partial charge in [0, 0.05) is 20.3 Å². The molecule has 184 valence electrons. The lowest BCUT2D eigenvalue weighted by Gasteiger charge is -2.38. The van der Waals surface area contributed by atoms with E-state index in [-0.39, 0.29) is 6.42 Å². The van der Waals surface area contributed by atoms with Crippen molar-refractivity contribution in [2.75, 3.05) is 0 Å². The monoisotopic (exact) mass is 466 g/mol. The van der Waals surface area contributed by atoms with Crippen LogP contribution in [0.5, 0.6) is 11.5 Å². The molecule has 0 fully saturated rings. The number of amides is 2. The average Bonchev–Trinajstić information content (AvgIpc) is 2.89. The maximum atomic E-state index is 13.0. The van der Waals surface area contributed by atoms with Crippen LogP contribution in [0.3, 0.4) is 0 Å². The lowest BCUT2D eigenvalue weighted by Crippen LogP contribution is -2.64. The molecule has 1 aromatic rings. The third-order valence-electron chi connectivity index (χ3n) is 4.40. The number of hydrogen-bond acceptors (Lipinski definition) is 7. The van der Waals surface area contributed by atoms with Gasteiger partial charge in [0.05, 0.1) is 0 Å². The number of carbonyl (C=O) groups excluding carboxylic acids is 2.